The second kappa shape index (κ2) is 2.63. The third-order valence-corrected chi connectivity index (χ3v) is 3.77. The number of hydrogen-bond acceptors (Lipinski definition) is 1. The van der Waals surface area contributed by atoms with Gasteiger partial charge in [-0.1, -0.05) is 0 Å². The van der Waals surface area contributed by atoms with Crippen molar-refractivity contribution in [3.05, 3.63) is 0 Å². The molecule has 3 fully saturated rings. The molecule has 1 aliphatic heterocycles. The molecule has 1 heterocycles. The van der Waals surface area contributed by atoms with Gasteiger partial charge in [0, 0.05) is 19.1 Å². The van der Waals surface area contributed by atoms with Crippen LogP contribution in [0.15, 0.2) is 0 Å². The average Bonchev–Trinajstić information content (AvgIpc) is 2.75. The van der Waals surface area contributed by atoms with Crippen LogP contribution in [0.3, 0.4) is 0 Å². The molecular formula is C10H16N2O. The van der Waals surface area contributed by atoms with Crippen molar-refractivity contribution in [3.63, 3.8) is 0 Å². The summed E-state index contributed by atoms with van der Waals surface area (Å²) in [6.45, 7) is 1.85. The quantitative estimate of drug-likeness (QED) is 0.646. The molecule has 3 rings (SSSR count). The number of nitrogens with zero attached hydrogens (tertiary/aromatic N) is 1. The molecule has 13 heavy (non-hydrogen) atoms. The highest BCUT2D eigenvalue weighted by Gasteiger charge is 2.48. The van der Waals surface area contributed by atoms with Crippen molar-refractivity contribution in [1.82, 2.24) is 10.2 Å². The van der Waals surface area contributed by atoms with Gasteiger partial charge in [-0.25, -0.2) is 4.79 Å². The highest BCUT2D eigenvalue weighted by molar-refractivity contribution is 5.75. The van der Waals surface area contributed by atoms with Gasteiger partial charge in [0.25, 0.3) is 0 Å². The Kier molecular flexibility index (Phi) is 1.55. The third kappa shape index (κ3) is 1.21. The molecule has 72 valence electrons. The summed E-state index contributed by atoms with van der Waals surface area (Å²) < 4.78 is 0. The summed E-state index contributed by atoms with van der Waals surface area (Å²) in [5.41, 5.74) is 0. The first kappa shape index (κ1) is 7.65. The number of amides is 2. The number of fused-ring (bicyclic) bond motifs is 1. The number of rotatable bonds is 1. The monoisotopic (exact) mass is 180 g/mol. The number of carbonyl (C=O) groups excluding carboxylic acids is 1. The van der Waals surface area contributed by atoms with Crippen LogP contribution in [0, 0.1) is 11.8 Å². The molecular weight excluding hydrogens is 164 g/mol. The second-order valence-corrected chi connectivity index (χ2v) is 4.66. The van der Waals surface area contributed by atoms with Gasteiger partial charge in [-0.05, 0) is 37.5 Å². The first-order valence-corrected chi connectivity index (χ1v) is 5.39. The Morgan fingerprint density at radius 1 is 1.23 bits per heavy atom. The zero-order chi connectivity index (χ0) is 8.84. The van der Waals surface area contributed by atoms with Gasteiger partial charge in [-0.2, -0.15) is 0 Å². The fraction of sp³-hybridized carbons (Fsp3) is 0.900. The molecule has 2 amide bonds. The maximum absolute atomic E-state index is 11.5. The van der Waals surface area contributed by atoms with E-state index in [1.54, 1.807) is 0 Å². The van der Waals surface area contributed by atoms with Gasteiger partial charge >= 0.3 is 6.03 Å². The van der Waals surface area contributed by atoms with Crippen LogP contribution >= 0.6 is 0 Å². The smallest absolute Gasteiger partial charge is 0.317 e. The van der Waals surface area contributed by atoms with Gasteiger partial charge in [0.15, 0.2) is 0 Å². The minimum Gasteiger partial charge on any atom is -0.338 e. The van der Waals surface area contributed by atoms with E-state index < -0.39 is 0 Å². The zero-order valence-corrected chi connectivity index (χ0v) is 7.83. The lowest BCUT2D eigenvalue weighted by molar-refractivity contribution is 0.157. The first-order valence-electron chi connectivity index (χ1n) is 5.39. The molecule has 1 N–H and O–H groups in total. The van der Waals surface area contributed by atoms with E-state index in [0.29, 0.717) is 6.04 Å². The Hall–Kier alpha value is -0.730. The summed E-state index contributed by atoms with van der Waals surface area (Å²) >= 11 is 0. The molecule has 0 aromatic rings. The van der Waals surface area contributed by atoms with Crippen molar-refractivity contribution in [1.29, 1.82) is 0 Å². The van der Waals surface area contributed by atoms with Crippen LogP contribution < -0.4 is 5.32 Å². The van der Waals surface area contributed by atoms with Gasteiger partial charge in [-0.15, -0.1) is 0 Å². The number of urea groups is 1. The maximum Gasteiger partial charge on any atom is 0.317 e. The van der Waals surface area contributed by atoms with Crippen LogP contribution in [0.4, 0.5) is 4.79 Å². The second-order valence-electron chi connectivity index (χ2n) is 4.66. The summed E-state index contributed by atoms with van der Waals surface area (Å²) in [4.78, 5) is 13.6. The summed E-state index contributed by atoms with van der Waals surface area (Å²) in [6, 6.07) is 0.751. The SMILES string of the molecule is O=C1NCCCN1C1CC2CC2C1. The summed E-state index contributed by atoms with van der Waals surface area (Å²) in [5.74, 6) is 1.94. The summed E-state index contributed by atoms with van der Waals surface area (Å²) in [7, 11) is 0. The van der Waals surface area contributed by atoms with E-state index in [1.807, 2.05) is 0 Å². The predicted octanol–water partition coefficient (Wildman–Crippen LogP) is 1.20. The fourth-order valence-corrected chi connectivity index (χ4v) is 2.93. The van der Waals surface area contributed by atoms with E-state index in [2.05, 4.69) is 10.2 Å². The van der Waals surface area contributed by atoms with Crippen molar-refractivity contribution in [2.75, 3.05) is 13.1 Å². The van der Waals surface area contributed by atoms with Crippen LogP contribution in [-0.4, -0.2) is 30.1 Å². The molecule has 0 radical (unpaired) electrons. The van der Waals surface area contributed by atoms with E-state index in [0.717, 1.165) is 31.3 Å². The molecule has 2 saturated carbocycles. The van der Waals surface area contributed by atoms with Gasteiger partial charge in [0.05, 0.1) is 0 Å². The molecule has 2 unspecified atom stereocenters. The molecule has 3 heteroatoms. The van der Waals surface area contributed by atoms with Crippen molar-refractivity contribution in [3.8, 4) is 0 Å². The van der Waals surface area contributed by atoms with Crippen molar-refractivity contribution >= 4 is 6.03 Å². The van der Waals surface area contributed by atoms with Crippen LogP contribution in [0.5, 0.6) is 0 Å². The van der Waals surface area contributed by atoms with E-state index in [4.69, 9.17) is 0 Å². The Morgan fingerprint density at radius 2 is 2.00 bits per heavy atom. The Labute approximate surface area is 78.5 Å². The predicted molar refractivity (Wildman–Crippen MR) is 49.3 cm³/mol. The lowest BCUT2D eigenvalue weighted by Gasteiger charge is -2.33. The lowest BCUT2D eigenvalue weighted by atomic mass is 10.1. The molecule has 1 saturated heterocycles. The standard InChI is InChI=1S/C10H16N2O/c13-10-11-2-1-3-12(10)9-5-7-4-8(7)6-9/h7-9H,1-6H2,(H,11,13). The van der Waals surface area contributed by atoms with Crippen molar-refractivity contribution in [2.45, 2.75) is 31.7 Å². The summed E-state index contributed by atoms with van der Waals surface area (Å²) in [5, 5.41) is 2.93. The van der Waals surface area contributed by atoms with Crippen LogP contribution in [-0.2, 0) is 0 Å². The molecule has 2 atom stereocenters. The third-order valence-electron chi connectivity index (χ3n) is 3.77. The minimum absolute atomic E-state index is 0.178. The van der Waals surface area contributed by atoms with E-state index >= 15 is 0 Å². The Morgan fingerprint density at radius 3 is 2.69 bits per heavy atom. The van der Waals surface area contributed by atoms with E-state index in [9.17, 15) is 4.79 Å². The summed E-state index contributed by atoms with van der Waals surface area (Å²) in [6.07, 6.45) is 5.11. The Balaban J connectivity index is 1.66. The molecule has 0 bridgehead atoms. The van der Waals surface area contributed by atoms with Crippen LogP contribution in [0.1, 0.15) is 25.7 Å². The minimum atomic E-state index is 0.178. The largest absolute Gasteiger partial charge is 0.338 e. The van der Waals surface area contributed by atoms with Gasteiger partial charge in [0.2, 0.25) is 0 Å². The average molecular weight is 180 g/mol. The fourth-order valence-electron chi connectivity index (χ4n) is 2.93. The van der Waals surface area contributed by atoms with Crippen LogP contribution in [0.2, 0.25) is 0 Å². The van der Waals surface area contributed by atoms with Gasteiger partial charge in [0.1, 0.15) is 0 Å². The zero-order valence-electron chi connectivity index (χ0n) is 7.83. The maximum atomic E-state index is 11.5. The van der Waals surface area contributed by atoms with E-state index in [-0.39, 0.29) is 6.03 Å². The molecule has 0 aromatic carbocycles. The molecule has 0 spiro atoms. The molecule has 2 aliphatic carbocycles. The van der Waals surface area contributed by atoms with Crippen LogP contribution in [0.25, 0.3) is 0 Å². The molecule has 3 aliphatic rings. The first-order chi connectivity index (χ1) is 6.34. The Bertz CT molecular complexity index is 231. The topological polar surface area (TPSA) is 32.3 Å². The van der Waals surface area contributed by atoms with Gasteiger partial charge < -0.3 is 10.2 Å². The van der Waals surface area contributed by atoms with Crippen molar-refractivity contribution in [2.24, 2.45) is 11.8 Å². The highest BCUT2D eigenvalue weighted by Crippen LogP contribution is 2.53. The molecule has 0 aromatic heterocycles. The number of nitrogens with one attached hydrogen (secondary N) is 1. The number of carbonyl (C=O) groups is 1. The van der Waals surface area contributed by atoms with E-state index in [1.165, 1.54) is 19.3 Å². The normalized spacial score (nSPS) is 42.9. The van der Waals surface area contributed by atoms with Gasteiger partial charge in [-0.3, -0.25) is 0 Å². The molecule has 3 nitrogen and oxygen atoms in total. The number of hydrogen-bond donors (Lipinski definition) is 1. The lowest BCUT2D eigenvalue weighted by Crippen LogP contribution is -2.50. The highest BCUT2D eigenvalue weighted by atomic mass is 16.2. The van der Waals surface area contributed by atoms with Crippen molar-refractivity contribution < 1.29 is 4.79 Å².